The smallest absolute Gasteiger partial charge is 0.00199 e. The van der Waals surface area contributed by atoms with Gasteiger partial charge < -0.3 is 0 Å². The van der Waals surface area contributed by atoms with Crippen molar-refractivity contribution in [1.82, 2.24) is 0 Å². The third-order valence-corrected chi connectivity index (χ3v) is 9.92. The second-order valence-corrected chi connectivity index (χ2v) is 12.6. The van der Waals surface area contributed by atoms with Crippen LogP contribution < -0.4 is 0 Å². The molecule has 0 aromatic heterocycles. The van der Waals surface area contributed by atoms with Crippen molar-refractivity contribution < 1.29 is 0 Å². The molecule has 0 atom stereocenters. The van der Waals surface area contributed by atoms with Gasteiger partial charge >= 0.3 is 0 Å². The summed E-state index contributed by atoms with van der Waals surface area (Å²) < 4.78 is 0. The van der Waals surface area contributed by atoms with Crippen LogP contribution >= 0.6 is 0 Å². The van der Waals surface area contributed by atoms with Crippen LogP contribution in [0.4, 0.5) is 0 Å². The summed E-state index contributed by atoms with van der Waals surface area (Å²) in [6.07, 6.45) is 0. The summed E-state index contributed by atoms with van der Waals surface area (Å²) in [7, 11) is 0. The van der Waals surface area contributed by atoms with Crippen molar-refractivity contribution in [2.24, 2.45) is 0 Å². The molecule has 0 fully saturated rings. The van der Waals surface area contributed by atoms with Gasteiger partial charge in [0, 0.05) is 0 Å². The van der Waals surface area contributed by atoms with Gasteiger partial charge in [-0.05, 0) is 141 Å². The van der Waals surface area contributed by atoms with Crippen LogP contribution in [0.2, 0.25) is 0 Å². The van der Waals surface area contributed by atoms with E-state index in [2.05, 4.69) is 170 Å². The van der Waals surface area contributed by atoms with Gasteiger partial charge in [0.2, 0.25) is 0 Å². The van der Waals surface area contributed by atoms with Crippen LogP contribution in [0.3, 0.4) is 0 Å². The molecule has 1 aliphatic rings. The molecule has 0 radical (unpaired) electrons. The lowest BCUT2D eigenvalue weighted by Gasteiger charge is -2.14. The molecule has 0 N–H and O–H groups in total. The van der Waals surface area contributed by atoms with Gasteiger partial charge in [-0.1, -0.05) is 127 Å². The van der Waals surface area contributed by atoms with E-state index in [0.717, 1.165) is 0 Å². The maximum atomic E-state index is 2.42. The first kappa shape index (κ1) is 25.4. The van der Waals surface area contributed by atoms with E-state index in [1.807, 2.05) is 0 Å². The Morgan fingerprint density at radius 1 is 0.217 bits per heavy atom. The number of hydrogen-bond donors (Lipinski definition) is 0. The highest BCUT2D eigenvalue weighted by Crippen LogP contribution is 2.50. The molecule has 0 heterocycles. The summed E-state index contributed by atoms with van der Waals surface area (Å²) in [4.78, 5) is 0. The molecule has 9 aromatic carbocycles. The van der Waals surface area contributed by atoms with Crippen LogP contribution in [-0.4, -0.2) is 0 Å². The Morgan fingerprint density at radius 3 is 1.39 bits per heavy atom. The minimum absolute atomic E-state index is 1.23. The van der Waals surface area contributed by atoms with Gasteiger partial charge in [0.15, 0.2) is 0 Å². The minimum Gasteiger partial charge on any atom is -0.0616 e. The summed E-state index contributed by atoms with van der Waals surface area (Å²) >= 11 is 0. The van der Waals surface area contributed by atoms with Crippen molar-refractivity contribution in [3.8, 4) is 55.6 Å². The van der Waals surface area contributed by atoms with Gasteiger partial charge in [-0.2, -0.15) is 0 Å². The molecule has 46 heavy (non-hydrogen) atoms. The molecule has 0 unspecified atom stereocenters. The lowest BCUT2D eigenvalue weighted by molar-refractivity contribution is 1.58. The molecule has 0 nitrogen and oxygen atoms in total. The molecule has 0 aliphatic heterocycles. The van der Waals surface area contributed by atoms with Crippen LogP contribution in [0, 0.1) is 0 Å². The topological polar surface area (TPSA) is 0 Å². The number of fused-ring (bicyclic) bond motifs is 7. The molecule has 0 amide bonds. The molecule has 1 aliphatic carbocycles. The highest BCUT2D eigenvalue weighted by Gasteiger charge is 2.23. The van der Waals surface area contributed by atoms with Gasteiger partial charge in [-0.3, -0.25) is 0 Å². The van der Waals surface area contributed by atoms with Gasteiger partial charge in [-0.15, -0.1) is 0 Å². The van der Waals surface area contributed by atoms with Crippen molar-refractivity contribution in [1.29, 1.82) is 0 Å². The van der Waals surface area contributed by atoms with E-state index in [4.69, 9.17) is 0 Å². The lowest BCUT2D eigenvalue weighted by Crippen LogP contribution is -1.88. The number of benzene rings is 9. The summed E-state index contributed by atoms with van der Waals surface area (Å²) in [5.41, 5.74) is 12.7. The van der Waals surface area contributed by atoms with Crippen LogP contribution in [0.15, 0.2) is 170 Å². The van der Waals surface area contributed by atoms with Gasteiger partial charge in [0.1, 0.15) is 0 Å². The third-order valence-electron chi connectivity index (χ3n) is 9.92. The van der Waals surface area contributed by atoms with E-state index in [1.165, 1.54) is 98.7 Å². The molecule has 0 heteroatoms. The molecule has 212 valence electrons. The molecule has 0 bridgehead atoms. The van der Waals surface area contributed by atoms with Gasteiger partial charge in [0.05, 0.1) is 0 Å². The van der Waals surface area contributed by atoms with E-state index < -0.39 is 0 Å². The fraction of sp³-hybridized carbons (Fsp3) is 0. The van der Waals surface area contributed by atoms with E-state index in [9.17, 15) is 0 Å². The Kier molecular flexibility index (Phi) is 5.38. The summed E-state index contributed by atoms with van der Waals surface area (Å²) in [5, 5.41) is 10.3. The largest absolute Gasteiger partial charge is 0.0616 e. The quantitative estimate of drug-likeness (QED) is 0.182. The first-order chi connectivity index (χ1) is 22.8. The summed E-state index contributed by atoms with van der Waals surface area (Å²) in [5.74, 6) is 0. The van der Waals surface area contributed by atoms with Crippen LogP contribution in [0.5, 0.6) is 0 Å². The zero-order valence-electron chi connectivity index (χ0n) is 25.2. The van der Waals surface area contributed by atoms with Crippen molar-refractivity contribution in [3.63, 3.8) is 0 Å². The average Bonchev–Trinajstić information content (AvgIpc) is 3.44. The Labute approximate surface area is 267 Å². The summed E-state index contributed by atoms with van der Waals surface area (Å²) in [6, 6.07) is 63.0. The summed E-state index contributed by atoms with van der Waals surface area (Å²) in [6.45, 7) is 0. The van der Waals surface area contributed by atoms with E-state index in [0.29, 0.717) is 0 Å². The van der Waals surface area contributed by atoms with Crippen molar-refractivity contribution in [3.05, 3.63) is 170 Å². The van der Waals surface area contributed by atoms with Crippen LogP contribution in [-0.2, 0) is 0 Å². The van der Waals surface area contributed by atoms with Gasteiger partial charge in [-0.25, -0.2) is 0 Å². The Hall–Kier alpha value is -5.98. The van der Waals surface area contributed by atoms with Crippen LogP contribution in [0.25, 0.3) is 98.7 Å². The standard InChI is InChI=1S/C46H28/c1-3-10-31-22-33(18-16-29(31)8-1)37-24-38(34-19-17-30-9-2-4-11-32(30)23-34)26-39(25-37)35-20-21-41-43-15-7-14-42-40-13-6-5-12-36(40)28-45(46(42)43)44(41)27-35/h1-28H. The highest BCUT2D eigenvalue weighted by molar-refractivity contribution is 6.23. The molecule has 9 aromatic rings. The van der Waals surface area contributed by atoms with Gasteiger partial charge in [0.25, 0.3) is 0 Å². The predicted molar refractivity (Wildman–Crippen MR) is 197 cm³/mol. The first-order valence-electron chi connectivity index (χ1n) is 16.0. The highest BCUT2D eigenvalue weighted by atomic mass is 14.3. The third kappa shape index (κ3) is 3.87. The minimum atomic E-state index is 1.23. The molecular weight excluding hydrogens is 553 g/mol. The van der Waals surface area contributed by atoms with E-state index >= 15 is 0 Å². The SMILES string of the molecule is c1ccc2cc(-c3cc(-c4ccc5c(c4)-c4cc6ccccc6c6cccc-5c46)cc(-c4ccc5ccccc5c4)c3)ccc2c1. The zero-order valence-corrected chi connectivity index (χ0v) is 25.2. The lowest BCUT2D eigenvalue weighted by atomic mass is 9.90. The number of rotatable bonds is 3. The second-order valence-electron chi connectivity index (χ2n) is 12.6. The van der Waals surface area contributed by atoms with Crippen molar-refractivity contribution in [2.75, 3.05) is 0 Å². The zero-order chi connectivity index (χ0) is 30.2. The van der Waals surface area contributed by atoms with Crippen molar-refractivity contribution >= 4 is 43.1 Å². The Balaban J connectivity index is 1.19. The maximum Gasteiger partial charge on any atom is -0.00199 e. The first-order valence-corrected chi connectivity index (χ1v) is 16.0. The van der Waals surface area contributed by atoms with E-state index in [1.54, 1.807) is 0 Å². The second kappa shape index (κ2) is 9.76. The Morgan fingerprint density at radius 2 is 0.739 bits per heavy atom. The fourth-order valence-electron chi connectivity index (χ4n) is 7.65. The van der Waals surface area contributed by atoms with Crippen LogP contribution in [0.1, 0.15) is 0 Å². The van der Waals surface area contributed by atoms with E-state index in [-0.39, 0.29) is 0 Å². The predicted octanol–water partition coefficient (Wildman–Crippen LogP) is 12.9. The normalized spacial score (nSPS) is 11.9. The molecule has 10 rings (SSSR count). The monoisotopic (exact) mass is 580 g/mol. The molecule has 0 saturated heterocycles. The van der Waals surface area contributed by atoms with Crippen molar-refractivity contribution in [2.45, 2.75) is 0 Å². The number of hydrogen-bond acceptors (Lipinski definition) is 0. The molecule has 0 saturated carbocycles. The molecule has 0 spiro atoms. The average molecular weight is 581 g/mol. The Bertz CT molecular complexity index is 2590. The maximum absolute atomic E-state index is 2.42. The molecular formula is C46H28. The fourth-order valence-corrected chi connectivity index (χ4v) is 7.65.